The molecule has 1 aliphatic rings. The minimum absolute atomic E-state index is 0.0335. The molecular formula is C23H35N3O7. The van der Waals surface area contributed by atoms with E-state index in [1.54, 1.807) is 42.2 Å². The summed E-state index contributed by atoms with van der Waals surface area (Å²) in [5.41, 5.74) is 0.757. The van der Waals surface area contributed by atoms with Gasteiger partial charge in [-0.2, -0.15) is 0 Å². The highest BCUT2D eigenvalue weighted by molar-refractivity contribution is 5.99. The number of amides is 3. The van der Waals surface area contributed by atoms with E-state index in [0.717, 1.165) is 0 Å². The zero-order valence-corrected chi connectivity index (χ0v) is 20.3. The minimum atomic E-state index is -0.332. The molecule has 1 heterocycles. The van der Waals surface area contributed by atoms with Crippen LogP contribution in [0.1, 0.15) is 24.2 Å². The van der Waals surface area contributed by atoms with Gasteiger partial charge in [-0.15, -0.1) is 0 Å². The molecule has 0 radical (unpaired) electrons. The first-order valence-electron chi connectivity index (χ1n) is 10.8. The van der Waals surface area contributed by atoms with E-state index in [9.17, 15) is 14.4 Å². The van der Waals surface area contributed by atoms with Crippen molar-refractivity contribution >= 4 is 23.4 Å². The van der Waals surface area contributed by atoms with Crippen molar-refractivity contribution in [3.63, 3.8) is 0 Å². The van der Waals surface area contributed by atoms with Crippen LogP contribution in [0.15, 0.2) is 18.2 Å². The molecule has 0 bridgehead atoms. The van der Waals surface area contributed by atoms with Crippen molar-refractivity contribution in [3.8, 4) is 5.75 Å². The summed E-state index contributed by atoms with van der Waals surface area (Å²) in [6.07, 6.45) is -0.294. The molecule has 10 nitrogen and oxygen atoms in total. The van der Waals surface area contributed by atoms with Crippen LogP contribution in [0.3, 0.4) is 0 Å². The first-order valence-corrected chi connectivity index (χ1v) is 10.8. The number of fused-ring (bicyclic) bond motifs is 1. The van der Waals surface area contributed by atoms with E-state index < -0.39 is 0 Å². The van der Waals surface area contributed by atoms with E-state index in [0.29, 0.717) is 30.1 Å². The highest BCUT2D eigenvalue weighted by atomic mass is 16.5. The van der Waals surface area contributed by atoms with Crippen LogP contribution in [0.4, 0.5) is 5.69 Å². The molecule has 3 atom stereocenters. The van der Waals surface area contributed by atoms with Crippen molar-refractivity contribution < 1.29 is 33.3 Å². The van der Waals surface area contributed by atoms with Gasteiger partial charge in [0.05, 0.1) is 17.7 Å². The van der Waals surface area contributed by atoms with Crippen LogP contribution >= 0.6 is 0 Å². The number of ether oxygens (including phenoxy) is 4. The highest BCUT2D eigenvalue weighted by Crippen LogP contribution is 2.26. The second-order valence-electron chi connectivity index (χ2n) is 8.27. The number of carbonyl (C=O) groups excluding carboxylic acids is 3. The molecule has 0 aliphatic carbocycles. The second-order valence-corrected chi connectivity index (χ2v) is 8.27. The Morgan fingerprint density at radius 2 is 1.82 bits per heavy atom. The van der Waals surface area contributed by atoms with Crippen molar-refractivity contribution in [2.24, 2.45) is 5.92 Å². The van der Waals surface area contributed by atoms with Gasteiger partial charge in [-0.1, -0.05) is 6.92 Å². The summed E-state index contributed by atoms with van der Waals surface area (Å²) in [7, 11) is 6.19. The predicted molar refractivity (Wildman–Crippen MR) is 122 cm³/mol. The van der Waals surface area contributed by atoms with E-state index in [4.69, 9.17) is 18.9 Å². The fourth-order valence-electron chi connectivity index (χ4n) is 3.74. The van der Waals surface area contributed by atoms with Crippen molar-refractivity contribution in [3.05, 3.63) is 23.8 Å². The molecule has 3 amide bonds. The molecule has 10 heteroatoms. The smallest absolute Gasteiger partial charge is 0.257 e. The molecular weight excluding hydrogens is 430 g/mol. The summed E-state index contributed by atoms with van der Waals surface area (Å²) in [5.74, 6) is -0.422. The lowest BCUT2D eigenvalue weighted by Crippen LogP contribution is -2.49. The van der Waals surface area contributed by atoms with Gasteiger partial charge in [-0.05, 0) is 25.1 Å². The van der Waals surface area contributed by atoms with Crippen molar-refractivity contribution in [2.75, 3.05) is 66.6 Å². The molecule has 2 rings (SSSR count). The molecule has 0 unspecified atom stereocenters. The molecule has 33 heavy (non-hydrogen) atoms. The van der Waals surface area contributed by atoms with Gasteiger partial charge < -0.3 is 34.1 Å². The van der Waals surface area contributed by atoms with E-state index >= 15 is 0 Å². The maximum atomic E-state index is 13.3. The lowest BCUT2D eigenvalue weighted by molar-refractivity contribution is -0.139. The van der Waals surface area contributed by atoms with Crippen LogP contribution < -0.4 is 10.1 Å². The predicted octanol–water partition coefficient (Wildman–Crippen LogP) is 1.25. The highest BCUT2D eigenvalue weighted by Gasteiger charge is 2.30. The van der Waals surface area contributed by atoms with E-state index in [-0.39, 0.29) is 55.6 Å². The third-order valence-electron chi connectivity index (χ3n) is 5.59. The van der Waals surface area contributed by atoms with E-state index in [1.807, 2.05) is 13.8 Å². The summed E-state index contributed by atoms with van der Waals surface area (Å²) >= 11 is 0. The molecule has 1 N–H and O–H groups in total. The van der Waals surface area contributed by atoms with E-state index in [1.165, 1.54) is 14.2 Å². The first-order chi connectivity index (χ1) is 15.7. The largest absolute Gasteiger partial charge is 0.491 e. The molecule has 0 spiro atoms. The number of hydrogen-bond donors (Lipinski definition) is 1. The fraction of sp³-hybridized carbons (Fsp3) is 0.609. The number of anilines is 1. The second kappa shape index (κ2) is 12.5. The minimum Gasteiger partial charge on any atom is -0.491 e. The number of nitrogens with zero attached hydrogens (tertiary/aromatic N) is 2. The Balaban J connectivity index is 2.42. The summed E-state index contributed by atoms with van der Waals surface area (Å²) in [4.78, 5) is 41.2. The quantitative estimate of drug-likeness (QED) is 0.674. The van der Waals surface area contributed by atoms with Gasteiger partial charge in [-0.25, -0.2) is 0 Å². The Morgan fingerprint density at radius 3 is 2.45 bits per heavy atom. The van der Waals surface area contributed by atoms with Crippen LogP contribution in [0.25, 0.3) is 0 Å². The molecule has 1 aromatic rings. The number of rotatable bonds is 6. The first kappa shape index (κ1) is 26.6. The van der Waals surface area contributed by atoms with Gasteiger partial charge in [0.2, 0.25) is 11.8 Å². The molecule has 0 aromatic heterocycles. The maximum Gasteiger partial charge on any atom is 0.257 e. The Bertz CT molecular complexity index is 832. The summed E-state index contributed by atoms with van der Waals surface area (Å²) < 4.78 is 21.6. The molecule has 0 fully saturated rings. The molecule has 1 aliphatic heterocycles. The fourth-order valence-corrected chi connectivity index (χ4v) is 3.74. The molecule has 184 valence electrons. The van der Waals surface area contributed by atoms with Gasteiger partial charge in [0.1, 0.15) is 25.6 Å². The van der Waals surface area contributed by atoms with Gasteiger partial charge in [0.15, 0.2) is 0 Å². The SMILES string of the molecule is COCC(=O)Nc1ccc2c(c1)C(=O)N(C)C[C@@H](OC)[C@@H](C)CN(C(=O)COC)[C@H](C)CO2. The zero-order chi connectivity index (χ0) is 24.5. The third-order valence-corrected chi connectivity index (χ3v) is 5.59. The summed E-state index contributed by atoms with van der Waals surface area (Å²) in [5, 5.41) is 2.70. The average Bonchev–Trinajstić information content (AvgIpc) is 2.78. The third kappa shape index (κ3) is 7.15. The Hall–Kier alpha value is -2.69. The Morgan fingerprint density at radius 1 is 1.12 bits per heavy atom. The molecule has 1 aromatic carbocycles. The Kier molecular flexibility index (Phi) is 10.1. The molecule has 0 saturated carbocycles. The lowest BCUT2D eigenvalue weighted by atomic mass is 10.0. The standard InChI is InChI=1S/C23H35N3O7/c1-15-10-26(22(28)14-31-5)16(2)12-33-19-8-7-17(24-21(27)13-30-4)9-18(19)23(29)25(3)11-20(15)32-6/h7-9,15-16,20H,10-14H2,1-6H3,(H,24,27)/t15-,16+,20+/m0/s1. The summed E-state index contributed by atoms with van der Waals surface area (Å²) in [6, 6.07) is 4.61. The summed E-state index contributed by atoms with van der Waals surface area (Å²) in [6.45, 7) is 4.67. The topological polar surface area (TPSA) is 107 Å². The van der Waals surface area contributed by atoms with Crippen LogP contribution in [-0.4, -0.2) is 101 Å². The average molecular weight is 466 g/mol. The number of hydrogen-bond acceptors (Lipinski definition) is 7. The monoisotopic (exact) mass is 465 g/mol. The number of likely N-dealkylation sites (N-methyl/N-ethyl adjacent to an activating group) is 1. The van der Waals surface area contributed by atoms with Crippen LogP contribution in [0.5, 0.6) is 5.75 Å². The van der Waals surface area contributed by atoms with E-state index in [2.05, 4.69) is 5.32 Å². The van der Waals surface area contributed by atoms with Crippen molar-refractivity contribution in [2.45, 2.75) is 26.0 Å². The number of carbonyl (C=O) groups is 3. The Labute approximate surface area is 195 Å². The molecule has 0 saturated heterocycles. The van der Waals surface area contributed by atoms with Crippen LogP contribution in [0, 0.1) is 5.92 Å². The van der Waals surface area contributed by atoms with Crippen LogP contribution in [0.2, 0.25) is 0 Å². The number of benzene rings is 1. The van der Waals surface area contributed by atoms with Gasteiger partial charge in [0.25, 0.3) is 5.91 Å². The van der Waals surface area contributed by atoms with Crippen LogP contribution in [-0.2, 0) is 23.8 Å². The number of methoxy groups -OCH3 is 3. The van der Waals surface area contributed by atoms with Crippen molar-refractivity contribution in [1.29, 1.82) is 0 Å². The van der Waals surface area contributed by atoms with Gasteiger partial charge >= 0.3 is 0 Å². The maximum absolute atomic E-state index is 13.3. The van der Waals surface area contributed by atoms with Gasteiger partial charge in [0, 0.05) is 53.1 Å². The number of nitrogens with one attached hydrogen (secondary N) is 1. The normalized spacial score (nSPS) is 22.0. The lowest BCUT2D eigenvalue weighted by Gasteiger charge is -2.36. The van der Waals surface area contributed by atoms with Crippen molar-refractivity contribution in [1.82, 2.24) is 9.80 Å². The zero-order valence-electron chi connectivity index (χ0n) is 20.3. The van der Waals surface area contributed by atoms with Gasteiger partial charge in [-0.3, -0.25) is 14.4 Å².